The largest absolute Gasteiger partial charge is 0.492 e. The van der Waals surface area contributed by atoms with Crippen molar-refractivity contribution < 1.29 is 9.53 Å². The number of fused-ring (bicyclic) bond motifs is 1. The van der Waals surface area contributed by atoms with E-state index in [1.165, 1.54) is 0 Å². The van der Waals surface area contributed by atoms with Crippen LogP contribution in [0.5, 0.6) is 5.75 Å². The average molecular weight is 273 g/mol. The molecule has 1 heterocycles. The standard InChI is InChI=1S/C16H13ClO2/c1-10-2-4-11(5-3-10)15(18)14-9-13(17)8-12-6-7-19-16(12)14/h2-5,8-9H,6-7H2,1H3. The van der Waals surface area contributed by atoms with Gasteiger partial charge in [-0.15, -0.1) is 0 Å². The summed E-state index contributed by atoms with van der Waals surface area (Å²) in [5, 5.41) is 0.583. The maximum absolute atomic E-state index is 12.5. The number of carbonyl (C=O) groups excluding carboxylic acids is 1. The van der Waals surface area contributed by atoms with Crippen molar-refractivity contribution in [1.82, 2.24) is 0 Å². The predicted molar refractivity (Wildman–Crippen MR) is 75.3 cm³/mol. The van der Waals surface area contributed by atoms with Gasteiger partial charge in [0.25, 0.3) is 0 Å². The van der Waals surface area contributed by atoms with Crippen LogP contribution in [0, 0.1) is 6.92 Å². The van der Waals surface area contributed by atoms with Crippen molar-refractivity contribution in [3.8, 4) is 5.75 Å². The zero-order chi connectivity index (χ0) is 13.4. The molecule has 0 spiro atoms. The summed E-state index contributed by atoms with van der Waals surface area (Å²) in [5.41, 5.74) is 3.36. The highest BCUT2D eigenvalue weighted by atomic mass is 35.5. The molecule has 0 saturated carbocycles. The van der Waals surface area contributed by atoms with Crippen molar-refractivity contribution in [2.24, 2.45) is 0 Å². The van der Waals surface area contributed by atoms with Gasteiger partial charge < -0.3 is 4.74 Å². The molecule has 0 aromatic heterocycles. The molecular weight excluding hydrogens is 260 g/mol. The zero-order valence-electron chi connectivity index (χ0n) is 10.6. The normalized spacial score (nSPS) is 12.9. The Morgan fingerprint density at radius 2 is 1.95 bits per heavy atom. The van der Waals surface area contributed by atoms with Gasteiger partial charge in [0.15, 0.2) is 5.78 Å². The number of rotatable bonds is 2. The Morgan fingerprint density at radius 1 is 1.21 bits per heavy atom. The first-order valence-corrected chi connectivity index (χ1v) is 6.59. The summed E-state index contributed by atoms with van der Waals surface area (Å²) in [5.74, 6) is 0.649. The summed E-state index contributed by atoms with van der Waals surface area (Å²) in [4.78, 5) is 12.5. The fourth-order valence-corrected chi connectivity index (χ4v) is 2.54. The van der Waals surface area contributed by atoms with E-state index in [0.717, 1.165) is 17.5 Å². The molecule has 0 aliphatic carbocycles. The number of hydrogen-bond acceptors (Lipinski definition) is 2. The molecule has 0 saturated heterocycles. The van der Waals surface area contributed by atoms with Crippen LogP contribution >= 0.6 is 11.6 Å². The Balaban J connectivity index is 2.07. The number of ether oxygens (including phenoxy) is 1. The average Bonchev–Trinajstić information content (AvgIpc) is 2.85. The number of aryl methyl sites for hydroxylation is 1. The number of halogens is 1. The predicted octanol–water partition coefficient (Wildman–Crippen LogP) is 3.81. The van der Waals surface area contributed by atoms with Gasteiger partial charge in [-0.25, -0.2) is 0 Å². The molecule has 0 radical (unpaired) electrons. The lowest BCUT2D eigenvalue weighted by atomic mass is 9.99. The van der Waals surface area contributed by atoms with Gasteiger partial charge in [-0.05, 0) is 24.6 Å². The van der Waals surface area contributed by atoms with Gasteiger partial charge in [0.05, 0.1) is 12.2 Å². The van der Waals surface area contributed by atoms with Crippen molar-refractivity contribution in [2.75, 3.05) is 6.61 Å². The molecule has 96 valence electrons. The lowest BCUT2D eigenvalue weighted by Crippen LogP contribution is -2.04. The fourth-order valence-electron chi connectivity index (χ4n) is 2.30. The molecule has 2 nitrogen and oxygen atoms in total. The van der Waals surface area contributed by atoms with Crippen molar-refractivity contribution >= 4 is 17.4 Å². The summed E-state index contributed by atoms with van der Waals surface area (Å²) in [7, 11) is 0. The maximum Gasteiger partial charge on any atom is 0.196 e. The summed E-state index contributed by atoms with van der Waals surface area (Å²) in [6, 6.07) is 11.1. The van der Waals surface area contributed by atoms with E-state index in [1.807, 2.05) is 37.3 Å². The van der Waals surface area contributed by atoms with Gasteiger partial charge in [0.1, 0.15) is 5.75 Å². The number of benzene rings is 2. The number of carbonyl (C=O) groups is 1. The van der Waals surface area contributed by atoms with E-state index in [4.69, 9.17) is 16.3 Å². The monoisotopic (exact) mass is 272 g/mol. The van der Waals surface area contributed by atoms with E-state index in [9.17, 15) is 4.79 Å². The van der Waals surface area contributed by atoms with Gasteiger partial charge in [-0.3, -0.25) is 4.79 Å². The lowest BCUT2D eigenvalue weighted by Gasteiger charge is -2.08. The molecule has 0 atom stereocenters. The molecule has 2 aromatic rings. The first kappa shape index (κ1) is 12.2. The molecule has 1 aliphatic heterocycles. The van der Waals surface area contributed by atoms with E-state index in [0.29, 0.717) is 28.5 Å². The van der Waals surface area contributed by atoms with Crippen LogP contribution in [0.15, 0.2) is 36.4 Å². The molecule has 1 aliphatic rings. The highest BCUT2D eigenvalue weighted by Gasteiger charge is 2.22. The minimum Gasteiger partial charge on any atom is -0.492 e. The minimum absolute atomic E-state index is 0.0411. The Kier molecular flexibility index (Phi) is 3.03. The van der Waals surface area contributed by atoms with Crippen molar-refractivity contribution in [1.29, 1.82) is 0 Å². The second kappa shape index (κ2) is 4.71. The second-order valence-electron chi connectivity index (χ2n) is 4.74. The van der Waals surface area contributed by atoms with Crippen LogP contribution in [0.4, 0.5) is 0 Å². The van der Waals surface area contributed by atoms with Gasteiger partial charge in [0, 0.05) is 17.0 Å². The molecule has 0 bridgehead atoms. The maximum atomic E-state index is 12.5. The van der Waals surface area contributed by atoms with Gasteiger partial charge in [-0.1, -0.05) is 41.4 Å². The van der Waals surface area contributed by atoms with E-state index in [-0.39, 0.29) is 5.78 Å². The first-order chi connectivity index (χ1) is 9.15. The Morgan fingerprint density at radius 3 is 2.68 bits per heavy atom. The quantitative estimate of drug-likeness (QED) is 0.777. The van der Waals surface area contributed by atoms with Crippen LogP contribution in [0.2, 0.25) is 5.02 Å². The Labute approximate surface area is 117 Å². The van der Waals surface area contributed by atoms with Crippen LogP contribution in [0.3, 0.4) is 0 Å². The third-order valence-electron chi connectivity index (χ3n) is 3.31. The first-order valence-electron chi connectivity index (χ1n) is 6.22. The topological polar surface area (TPSA) is 26.3 Å². The van der Waals surface area contributed by atoms with Crippen LogP contribution < -0.4 is 4.74 Å². The highest BCUT2D eigenvalue weighted by molar-refractivity contribution is 6.31. The van der Waals surface area contributed by atoms with E-state index < -0.39 is 0 Å². The molecule has 3 rings (SSSR count). The van der Waals surface area contributed by atoms with Crippen LogP contribution in [-0.2, 0) is 6.42 Å². The Bertz CT molecular complexity index is 645. The number of hydrogen-bond donors (Lipinski definition) is 0. The second-order valence-corrected chi connectivity index (χ2v) is 5.17. The molecular formula is C16H13ClO2. The van der Waals surface area contributed by atoms with Gasteiger partial charge >= 0.3 is 0 Å². The smallest absolute Gasteiger partial charge is 0.196 e. The van der Waals surface area contributed by atoms with Gasteiger partial charge in [-0.2, -0.15) is 0 Å². The third-order valence-corrected chi connectivity index (χ3v) is 3.53. The fraction of sp³-hybridized carbons (Fsp3) is 0.188. The molecule has 0 fully saturated rings. The summed E-state index contributed by atoms with van der Waals surface area (Å²) >= 11 is 6.08. The minimum atomic E-state index is -0.0411. The van der Waals surface area contributed by atoms with Crippen LogP contribution in [0.1, 0.15) is 27.0 Å². The summed E-state index contributed by atoms with van der Waals surface area (Å²) in [6.45, 7) is 2.61. The summed E-state index contributed by atoms with van der Waals surface area (Å²) < 4.78 is 5.57. The van der Waals surface area contributed by atoms with Gasteiger partial charge in [0.2, 0.25) is 0 Å². The van der Waals surface area contributed by atoms with Crippen molar-refractivity contribution in [2.45, 2.75) is 13.3 Å². The molecule has 0 unspecified atom stereocenters. The molecule has 19 heavy (non-hydrogen) atoms. The third kappa shape index (κ3) is 2.24. The molecule has 0 amide bonds. The van der Waals surface area contributed by atoms with E-state index in [1.54, 1.807) is 6.07 Å². The zero-order valence-corrected chi connectivity index (χ0v) is 11.3. The Hall–Kier alpha value is -1.80. The van der Waals surface area contributed by atoms with E-state index >= 15 is 0 Å². The summed E-state index contributed by atoms with van der Waals surface area (Å²) in [6.07, 6.45) is 0.810. The van der Waals surface area contributed by atoms with Crippen LogP contribution in [-0.4, -0.2) is 12.4 Å². The van der Waals surface area contributed by atoms with E-state index in [2.05, 4.69) is 0 Å². The highest BCUT2D eigenvalue weighted by Crippen LogP contribution is 2.34. The molecule has 0 N–H and O–H groups in total. The van der Waals surface area contributed by atoms with Crippen molar-refractivity contribution in [3.63, 3.8) is 0 Å². The van der Waals surface area contributed by atoms with Crippen LogP contribution in [0.25, 0.3) is 0 Å². The molecule has 3 heteroatoms. The van der Waals surface area contributed by atoms with Crippen molar-refractivity contribution in [3.05, 3.63) is 63.7 Å². The number of ketones is 1. The lowest BCUT2D eigenvalue weighted by molar-refractivity contribution is 0.103. The molecule has 2 aromatic carbocycles. The SMILES string of the molecule is Cc1ccc(C(=O)c2cc(Cl)cc3c2OCC3)cc1.